The van der Waals surface area contributed by atoms with Crippen LogP contribution in [0.25, 0.3) is 0 Å². The highest BCUT2D eigenvalue weighted by molar-refractivity contribution is 7.98. The quantitative estimate of drug-likeness (QED) is 0.845. The largest absolute Gasteiger partial charge is 0.337 e. The van der Waals surface area contributed by atoms with Crippen LogP contribution in [0.1, 0.15) is 46.1 Å². The van der Waals surface area contributed by atoms with Crippen LogP contribution in [0.3, 0.4) is 0 Å². The number of imidazole rings is 1. The predicted molar refractivity (Wildman–Crippen MR) is 92.8 cm³/mol. The van der Waals surface area contributed by atoms with Crippen LogP contribution in [-0.2, 0) is 5.75 Å². The fourth-order valence-corrected chi connectivity index (χ4v) is 4.68. The number of nitriles is 1. The molecule has 2 aromatic rings. The minimum atomic E-state index is 0.0794. The minimum Gasteiger partial charge on any atom is -0.337 e. The molecule has 1 fully saturated rings. The molecule has 1 aromatic carbocycles. The van der Waals surface area contributed by atoms with Crippen LogP contribution in [0.4, 0.5) is 0 Å². The number of likely N-dealkylation sites (tertiary alicyclic amines) is 1. The molecule has 1 atom stereocenters. The SMILES string of the molecule is N#Cc1ccc2c(c1)CSCC2n1cncc1C(=O)N1CCCC1. The molecule has 2 aliphatic rings. The van der Waals surface area contributed by atoms with E-state index in [0.29, 0.717) is 11.3 Å². The van der Waals surface area contributed by atoms with Crippen LogP contribution in [0.5, 0.6) is 0 Å². The topological polar surface area (TPSA) is 61.9 Å². The molecule has 1 unspecified atom stereocenters. The lowest BCUT2D eigenvalue weighted by atomic mass is 9.99. The fraction of sp³-hybridized carbons (Fsp3) is 0.389. The van der Waals surface area contributed by atoms with Crippen molar-refractivity contribution in [2.24, 2.45) is 0 Å². The monoisotopic (exact) mass is 338 g/mol. The molecule has 1 aromatic heterocycles. The van der Waals surface area contributed by atoms with E-state index in [2.05, 4.69) is 11.1 Å². The molecule has 5 nitrogen and oxygen atoms in total. The minimum absolute atomic E-state index is 0.0794. The summed E-state index contributed by atoms with van der Waals surface area (Å²) in [5.74, 6) is 1.90. The Balaban J connectivity index is 1.70. The molecule has 0 aliphatic carbocycles. The summed E-state index contributed by atoms with van der Waals surface area (Å²) in [6, 6.07) is 8.15. The van der Waals surface area contributed by atoms with E-state index >= 15 is 0 Å². The highest BCUT2D eigenvalue weighted by Crippen LogP contribution is 2.35. The van der Waals surface area contributed by atoms with E-state index in [9.17, 15) is 4.79 Å². The highest BCUT2D eigenvalue weighted by Gasteiger charge is 2.28. The summed E-state index contributed by atoms with van der Waals surface area (Å²) < 4.78 is 2.01. The number of hydrogen-bond donors (Lipinski definition) is 0. The van der Waals surface area contributed by atoms with Crippen molar-refractivity contribution in [3.63, 3.8) is 0 Å². The highest BCUT2D eigenvalue weighted by atomic mass is 32.2. The van der Waals surface area contributed by atoms with E-state index in [4.69, 9.17) is 5.26 Å². The zero-order chi connectivity index (χ0) is 16.5. The Hall–Kier alpha value is -2.26. The van der Waals surface area contributed by atoms with Crippen molar-refractivity contribution in [2.75, 3.05) is 18.8 Å². The van der Waals surface area contributed by atoms with Crippen molar-refractivity contribution < 1.29 is 4.79 Å². The first-order valence-corrected chi connectivity index (χ1v) is 9.35. The summed E-state index contributed by atoms with van der Waals surface area (Å²) in [4.78, 5) is 19.0. The zero-order valence-corrected chi connectivity index (χ0v) is 14.1. The van der Waals surface area contributed by atoms with Crippen molar-refractivity contribution in [3.05, 3.63) is 53.1 Å². The molecule has 0 spiro atoms. The van der Waals surface area contributed by atoms with Crippen molar-refractivity contribution in [1.29, 1.82) is 5.26 Å². The van der Waals surface area contributed by atoms with Crippen LogP contribution in [0, 0.1) is 11.3 Å². The molecule has 122 valence electrons. The first kappa shape index (κ1) is 15.3. The van der Waals surface area contributed by atoms with Crippen LogP contribution >= 0.6 is 11.8 Å². The van der Waals surface area contributed by atoms with Gasteiger partial charge in [-0.2, -0.15) is 17.0 Å². The molecule has 0 N–H and O–H groups in total. The normalized spacial score (nSPS) is 19.8. The van der Waals surface area contributed by atoms with Crippen LogP contribution in [0.15, 0.2) is 30.7 Å². The third kappa shape index (κ3) is 2.59. The van der Waals surface area contributed by atoms with E-state index < -0.39 is 0 Å². The number of nitrogens with zero attached hydrogens (tertiary/aromatic N) is 4. The molecule has 0 saturated carbocycles. The van der Waals surface area contributed by atoms with Crippen LogP contribution in [0.2, 0.25) is 0 Å². The van der Waals surface area contributed by atoms with Gasteiger partial charge in [0.1, 0.15) is 5.69 Å². The van der Waals surface area contributed by atoms with Gasteiger partial charge in [0.25, 0.3) is 5.91 Å². The Bertz CT molecular complexity index is 817. The molecule has 0 radical (unpaired) electrons. The lowest BCUT2D eigenvalue weighted by molar-refractivity contribution is 0.0781. The first-order valence-electron chi connectivity index (χ1n) is 8.19. The number of aromatic nitrogens is 2. The van der Waals surface area contributed by atoms with E-state index in [1.54, 1.807) is 12.5 Å². The summed E-state index contributed by atoms with van der Waals surface area (Å²) in [5.41, 5.74) is 3.73. The number of carbonyl (C=O) groups excluding carboxylic acids is 1. The van der Waals surface area contributed by atoms with Gasteiger partial charge in [-0.25, -0.2) is 4.98 Å². The van der Waals surface area contributed by atoms with Gasteiger partial charge in [0.05, 0.1) is 30.2 Å². The summed E-state index contributed by atoms with van der Waals surface area (Å²) in [5, 5.41) is 9.11. The lowest BCUT2D eigenvalue weighted by Gasteiger charge is -2.28. The zero-order valence-electron chi connectivity index (χ0n) is 13.3. The smallest absolute Gasteiger partial charge is 0.272 e. The van der Waals surface area contributed by atoms with E-state index in [1.165, 1.54) is 11.1 Å². The van der Waals surface area contributed by atoms with Crippen molar-refractivity contribution in [1.82, 2.24) is 14.5 Å². The Labute approximate surface area is 145 Å². The molecule has 24 heavy (non-hydrogen) atoms. The van der Waals surface area contributed by atoms with Gasteiger partial charge in [-0.3, -0.25) is 4.79 Å². The molecule has 1 saturated heterocycles. The van der Waals surface area contributed by atoms with Crippen LogP contribution < -0.4 is 0 Å². The van der Waals surface area contributed by atoms with Gasteiger partial charge in [-0.05, 0) is 36.1 Å². The Morgan fingerprint density at radius 3 is 2.96 bits per heavy atom. The van der Waals surface area contributed by atoms with E-state index in [-0.39, 0.29) is 11.9 Å². The van der Waals surface area contributed by atoms with Gasteiger partial charge < -0.3 is 9.47 Å². The Morgan fingerprint density at radius 1 is 1.33 bits per heavy atom. The molecule has 2 aliphatic heterocycles. The number of benzene rings is 1. The van der Waals surface area contributed by atoms with E-state index in [1.807, 2.05) is 39.4 Å². The number of thioether (sulfide) groups is 1. The first-order chi connectivity index (χ1) is 11.8. The van der Waals surface area contributed by atoms with Gasteiger partial charge >= 0.3 is 0 Å². The van der Waals surface area contributed by atoms with Gasteiger partial charge in [0, 0.05) is 24.6 Å². The molecular formula is C18H18N4OS. The van der Waals surface area contributed by atoms with E-state index in [0.717, 1.165) is 37.4 Å². The average Bonchev–Trinajstić information content (AvgIpc) is 3.31. The van der Waals surface area contributed by atoms with Crippen molar-refractivity contribution >= 4 is 17.7 Å². The standard InChI is InChI=1S/C18H18N4OS/c19-8-13-3-4-15-14(7-13)10-24-11-17(15)22-12-20-9-16(22)18(23)21-5-1-2-6-21/h3-4,7,9,12,17H,1-2,5-6,10-11H2. The third-order valence-electron chi connectivity index (χ3n) is 4.78. The summed E-state index contributed by atoms with van der Waals surface area (Å²) in [6.45, 7) is 1.68. The second kappa shape index (κ2) is 6.33. The molecule has 6 heteroatoms. The molecular weight excluding hydrogens is 320 g/mol. The molecule has 0 bridgehead atoms. The Kier molecular flexibility index (Phi) is 4.03. The number of amides is 1. The number of fused-ring (bicyclic) bond motifs is 1. The maximum atomic E-state index is 12.8. The van der Waals surface area contributed by atoms with Crippen molar-refractivity contribution in [2.45, 2.75) is 24.6 Å². The number of rotatable bonds is 2. The second-order valence-corrected chi connectivity index (χ2v) is 7.27. The number of carbonyl (C=O) groups is 1. The Morgan fingerprint density at radius 2 is 2.17 bits per heavy atom. The predicted octanol–water partition coefficient (Wildman–Crippen LogP) is 2.83. The lowest BCUT2D eigenvalue weighted by Crippen LogP contribution is -2.31. The van der Waals surface area contributed by atoms with Gasteiger partial charge in [0.2, 0.25) is 0 Å². The van der Waals surface area contributed by atoms with Crippen molar-refractivity contribution in [3.8, 4) is 6.07 Å². The van der Waals surface area contributed by atoms with Crippen LogP contribution in [-0.4, -0.2) is 39.2 Å². The molecule has 1 amide bonds. The summed E-state index contributed by atoms with van der Waals surface area (Å²) in [7, 11) is 0. The number of hydrogen-bond acceptors (Lipinski definition) is 4. The fourth-order valence-electron chi connectivity index (χ4n) is 3.53. The van der Waals surface area contributed by atoms with Gasteiger partial charge in [0.15, 0.2) is 0 Å². The summed E-state index contributed by atoms with van der Waals surface area (Å²) >= 11 is 1.83. The molecule has 4 rings (SSSR count). The average molecular weight is 338 g/mol. The van der Waals surface area contributed by atoms with Gasteiger partial charge in [-0.1, -0.05) is 6.07 Å². The second-order valence-electron chi connectivity index (χ2n) is 6.24. The molecule has 3 heterocycles. The van der Waals surface area contributed by atoms with Gasteiger partial charge in [-0.15, -0.1) is 0 Å². The third-order valence-corrected chi connectivity index (χ3v) is 5.85. The maximum absolute atomic E-state index is 12.8. The summed E-state index contributed by atoms with van der Waals surface area (Å²) in [6.07, 6.45) is 5.61. The maximum Gasteiger partial charge on any atom is 0.272 e.